The van der Waals surface area contributed by atoms with Crippen LogP contribution in [0.4, 0.5) is 34.6 Å². The van der Waals surface area contributed by atoms with Crippen LogP contribution in [0.2, 0.25) is 0 Å². The number of alkyl halides is 3. The third-order valence-corrected chi connectivity index (χ3v) is 5.05. The summed E-state index contributed by atoms with van der Waals surface area (Å²) in [6.45, 7) is 4.79. The molecule has 4 nitrogen and oxygen atoms in total. The molecule has 1 N–H and O–H groups in total. The van der Waals surface area contributed by atoms with Crippen molar-refractivity contribution in [1.29, 1.82) is 0 Å². The third-order valence-electron chi connectivity index (χ3n) is 5.05. The van der Waals surface area contributed by atoms with Gasteiger partial charge < -0.3 is 10.2 Å². The molecule has 0 radical (unpaired) electrons. The standard InChI is InChI=1S/C22H23F4N3O/c1-3-5-10-29(4-2)20-9-7-15(12-18(20)22(24,25)26)27-13-17-16-11-14(23)6-8-19(16)28-21(17)30/h6-9,11-13,17H,3-5,10H2,1-2H3,(H,28,30). The second kappa shape index (κ2) is 8.85. The van der Waals surface area contributed by atoms with E-state index in [4.69, 9.17) is 0 Å². The average Bonchev–Trinajstić information content (AvgIpc) is 3.01. The Morgan fingerprint density at radius 3 is 2.60 bits per heavy atom. The van der Waals surface area contributed by atoms with E-state index < -0.39 is 29.4 Å². The number of halogens is 4. The lowest BCUT2D eigenvalue weighted by Crippen LogP contribution is -2.26. The number of anilines is 2. The summed E-state index contributed by atoms with van der Waals surface area (Å²) in [5.41, 5.74) is 0.308. The zero-order valence-electron chi connectivity index (χ0n) is 16.8. The van der Waals surface area contributed by atoms with E-state index in [2.05, 4.69) is 10.3 Å². The van der Waals surface area contributed by atoms with E-state index in [0.717, 1.165) is 18.9 Å². The first-order valence-corrected chi connectivity index (χ1v) is 9.85. The Hall–Kier alpha value is -2.90. The zero-order chi connectivity index (χ0) is 21.9. The highest BCUT2D eigenvalue weighted by molar-refractivity contribution is 6.12. The van der Waals surface area contributed by atoms with Gasteiger partial charge in [-0.1, -0.05) is 13.3 Å². The number of rotatable bonds is 7. The Labute approximate surface area is 172 Å². The number of nitrogens with zero attached hydrogens (tertiary/aromatic N) is 2. The SMILES string of the molecule is CCCCN(CC)c1ccc(N=CC2C(=O)Nc3ccc(F)cc32)cc1C(F)(F)F. The van der Waals surface area contributed by atoms with Crippen LogP contribution in [0.15, 0.2) is 41.4 Å². The summed E-state index contributed by atoms with van der Waals surface area (Å²) in [4.78, 5) is 18.0. The van der Waals surface area contributed by atoms with Crippen molar-refractivity contribution in [3.8, 4) is 0 Å². The molecule has 0 saturated carbocycles. The third kappa shape index (κ3) is 4.63. The highest BCUT2D eigenvalue weighted by atomic mass is 19.4. The molecule has 8 heteroatoms. The predicted molar refractivity (Wildman–Crippen MR) is 110 cm³/mol. The number of aliphatic imine (C=N–C) groups is 1. The summed E-state index contributed by atoms with van der Waals surface area (Å²) in [5, 5.41) is 2.61. The molecule has 1 aliphatic heterocycles. The fourth-order valence-electron chi connectivity index (χ4n) is 3.47. The van der Waals surface area contributed by atoms with Crippen LogP contribution in [-0.2, 0) is 11.0 Å². The number of hydrogen-bond acceptors (Lipinski definition) is 3. The molecule has 2 aromatic carbocycles. The molecular weight excluding hydrogens is 398 g/mol. The zero-order valence-corrected chi connectivity index (χ0v) is 16.8. The fraction of sp³-hybridized carbons (Fsp3) is 0.364. The van der Waals surface area contributed by atoms with Gasteiger partial charge in [0, 0.05) is 30.7 Å². The van der Waals surface area contributed by atoms with E-state index in [0.29, 0.717) is 24.3 Å². The molecule has 2 aromatic rings. The summed E-state index contributed by atoms with van der Waals surface area (Å²) in [5.74, 6) is -1.76. The van der Waals surface area contributed by atoms with Crippen LogP contribution < -0.4 is 10.2 Å². The van der Waals surface area contributed by atoms with Gasteiger partial charge in [0.2, 0.25) is 5.91 Å². The summed E-state index contributed by atoms with van der Waals surface area (Å²) >= 11 is 0. The Kier molecular flexibility index (Phi) is 6.43. The smallest absolute Gasteiger partial charge is 0.371 e. The number of hydrogen-bond donors (Lipinski definition) is 1. The van der Waals surface area contributed by atoms with Gasteiger partial charge in [0.1, 0.15) is 11.7 Å². The number of fused-ring (bicyclic) bond motifs is 1. The molecule has 1 atom stereocenters. The van der Waals surface area contributed by atoms with Crippen molar-refractivity contribution in [2.45, 2.75) is 38.8 Å². The highest BCUT2D eigenvalue weighted by Gasteiger charge is 2.35. The van der Waals surface area contributed by atoms with Gasteiger partial charge in [0.15, 0.2) is 0 Å². The van der Waals surface area contributed by atoms with Gasteiger partial charge in [0.25, 0.3) is 0 Å². The molecule has 1 amide bonds. The average molecular weight is 421 g/mol. The van der Waals surface area contributed by atoms with Gasteiger partial charge in [-0.25, -0.2) is 4.39 Å². The number of nitrogens with one attached hydrogen (secondary N) is 1. The predicted octanol–water partition coefficient (Wildman–Crippen LogP) is 5.91. The number of unbranched alkanes of at least 4 members (excludes halogenated alkanes) is 1. The van der Waals surface area contributed by atoms with E-state index in [1.165, 1.54) is 36.5 Å². The van der Waals surface area contributed by atoms with Crippen LogP contribution in [0.1, 0.15) is 43.7 Å². The molecule has 160 valence electrons. The van der Waals surface area contributed by atoms with Gasteiger partial charge >= 0.3 is 6.18 Å². The second-order valence-corrected chi connectivity index (χ2v) is 7.11. The Morgan fingerprint density at radius 2 is 1.93 bits per heavy atom. The maximum Gasteiger partial charge on any atom is 0.418 e. The van der Waals surface area contributed by atoms with E-state index in [1.54, 1.807) is 4.90 Å². The van der Waals surface area contributed by atoms with E-state index in [9.17, 15) is 22.4 Å². The first kappa shape index (κ1) is 21.8. The lowest BCUT2D eigenvalue weighted by Gasteiger charge is -2.26. The molecule has 0 aromatic heterocycles. The summed E-state index contributed by atoms with van der Waals surface area (Å²) in [6, 6.07) is 7.79. The lowest BCUT2D eigenvalue weighted by molar-refractivity contribution is -0.137. The first-order valence-electron chi connectivity index (χ1n) is 9.85. The highest BCUT2D eigenvalue weighted by Crippen LogP contribution is 2.39. The molecule has 0 fully saturated rings. The van der Waals surface area contributed by atoms with Gasteiger partial charge in [-0.3, -0.25) is 9.79 Å². The minimum Gasteiger partial charge on any atom is -0.371 e. The van der Waals surface area contributed by atoms with Crippen molar-refractivity contribution in [2.24, 2.45) is 4.99 Å². The van der Waals surface area contributed by atoms with E-state index in [1.807, 2.05) is 13.8 Å². The molecule has 30 heavy (non-hydrogen) atoms. The molecule has 1 heterocycles. The topological polar surface area (TPSA) is 44.7 Å². The fourth-order valence-corrected chi connectivity index (χ4v) is 3.47. The molecule has 3 rings (SSSR count). The lowest BCUT2D eigenvalue weighted by atomic mass is 10.0. The number of carbonyl (C=O) groups excluding carboxylic acids is 1. The molecule has 0 bridgehead atoms. The number of carbonyl (C=O) groups is 1. The van der Waals surface area contributed by atoms with Crippen molar-refractivity contribution in [1.82, 2.24) is 0 Å². The van der Waals surface area contributed by atoms with Crippen molar-refractivity contribution in [3.63, 3.8) is 0 Å². The van der Waals surface area contributed by atoms with Crippen LogP contribution in [0.25, 0.3) is 0 Å². The normalized spacial score (nSPS) is 16.1. The van der Waals surface area contributed by atoms with Crippen LogP contribution in [-0.4, -0.2) is 25.2 Å². The van der Waals surface area contributed by atoms with Gasteiger partial charge in [-0.05, 0) is 55.3 Å². The molecule has 1 aliphatic rings. The van der Waals surface area contributed by atoms with Crippen molar-refractivity contribution >= 4 is 29.2 Å². The Bertz CT molecular complexity index is 956. The molecule has 1 unspecified atom stereocenters. The summed E-state index contributed by atoms with van der Waals surface area (Å²) in [6.07, 6.45) is -1.62. The van der Waals surface area contributed by atoms with Crippen LogP contribution in [0.5, 0.6) is 0 Å². The van der Waals surface area contributed by atoms with E-state index >= 15 is 0 Å². The minimum atomic E-state index is -4.54. The largest absolute Gasteiger partial charge is 0.418 e. The molecule has 0 aliphatic carbocycles. The monoisotopic (exact) mass is 421 g/mol. The van der Waals surface area contributed by atoms with Crippen molar-refractivity contribution < 1.29 is 22.4 Å². The maximum absolute atomic E-state index is 13.7. The van der Waals surface area contributed by atoms with Crippen molar-refractivity contribution in [3.05, 3.63) is 53.3 Å². The summed E-state index contributed by atoms with van der Waals surface area (Å²) < 4.78 is 54.7. The molecular formula is C22H23F4N3O. The number of benzene rings is 2. The van der Waals surface area contributed by atoms with Gasteiger partial charge in [-0.15, -0.1) is 0 Å². The quantitative estimate of drug-likeness (QED) is 0.446. The van der Waals surface area contributed by atoms with Crippen molar-refractivity contribution in [2.75, 3.05) is 23.3 Å². The number of amides is 1. The first-order chi connectivity index (χ1) is 14.2. The van der Waals surface area contributed by atoms with Gasteiger partial charge in [0.05, 0.1) is 11.3 Å². The Balaban J connectivity index is 1.92. The van der Waals surface area contributed by atoms with Crippen LogP contribution in [0.3, 0.4) is 0 Å². The molecule has 0 saturated heterocycles. The maximum atomic E-state index is 13.7. The Morgan fingerprint density at radius 1 is 1.17 bits per heavy atom. The second-order valence-electron chi connectivity index (χ2n) is 7.11. The van der Waals surface area contributed by atoms with Gasteiger partial charge in [-0.2, -0.15) is 13.2 Å². The van der Waals surface area contributed by atoms with Crippen LogP contribution in [0, 0.1) is 5.82 Å². The summed E-state index contributed by atoms with van der Waals surface area (Å²) in [7, 11) is 0. The van der Waals surface area contributed by atoms with E-state index in [-0.39, 0.29) is 11.4 Å². The minimum absolute atomic E-state index is 0.0790. The van der Waals surface area contributed by atoms with Crippen LogP contribution >= 0.6 is 0 Å². The molecule has 0 spiro atoms.